The van der Waals surface area contributed by atoms with E-state index in [-0.39, 0.29) is 29.8 Å². The van der Waals surface area contributed by atoms with Crippen molar-refractivity contribution in [2.24, 2.45) is 11.3 Å². The molecule has 10 heteroatoms. The van der Waals surface area contributed by atoms with Gasteiger partial charge in [-0.2, -0.15) is 0 Å². The summed E-state index contributed by atoms with van der Waals surface area (Å²) in [6.45, 7) is 17.7. The van der Waals surface area contributed by atoms with Gasteiger partial charge < -0.3 is 20.1 Å². The monoisotopic (exact) mass is 714 g/mol. The van der Waals surface area contributed by atoms with Gasteiger partial charge in [0.2, 0.25) is 0 Å². The topological polar surface area (TPSA) is 102 Å². The van der Waals surface area contributed by atoms with Gasteiger partial charge in [0.15, 0.2) is 0 Å². The van der Waals surface area contributed by atoms with Crippen molar-refractivity contribution in [3.63, 3.8) is 0 Å². The van der Waals surface area contributed by atoms with E-state index in [1.165, 1.54) is 6.07 Å². The number of piperidine rings is 1. The molecular weight excluding hydrogens is 659 g/mol. The number of carboxylic acid groups (broad SMARTS) is 1. The van der Waals surface area contributed by atoms with Crippen LogP contribution in [0.3, 0.4) is 0 Å². The van der Waals surface area contributed by atoms with Crippen molar-refractivity contribution in [3.05, 3.63) is 94.8 Å². The van der Waals surface area contributed by atoms with Crippen LogP contribution in [0.4, 0.5) is 14.0 Å². The van der Waals surface area contributed by atoms with Gasteiger partial charge in [-0.1, -0.05) is 57.2 Å². The Labute approximate surface area is 308 Å². The molecule has 1 atom stereocenters. The highest BCUT2D eigenvalue weighted by molar-refractivity contribution is 5.94. The van der Waals surface area contributed by atoms with Crippen LogP contribution in [0.2, 0.25) is 0 Å². The number of carbonyl (C=O) groups is 3. The molecule has 280 valence electrons. The SMILES string of the molecule is CC(C)(C)OC(=O)N1CCC(Cc2cccc(C(=O)NCc3ccc(F)c(-c4cccc(CN5CCN(C(=O)O)[C@@](C)(C(C)(C)C)C5)c4)c3)c2)CC1. The number of ether oxygens (including phenoxy) is 1. The Bertz CT molecular complexity index is 1760. The molecule has 0 unspecified atom stereocenters. The Morgan fingerprint density at radius 1 is 0.885 bits per heavy atom. The Hall–Kier alpha value is -4.44. The molecule has 5 rings (SSSR count). The maximum atomic E-state index is 15.2. The van der Waals surface area contributed by atoms with E-state index in [1.54, 1.807) is 28.0 Å². The molecule has 0 radical (unpaired) electrons. The van der Waals surface area contributed by atoms with E-state index < -0.39 is 17.2 Å². The highest BCUT2D eigenvalue weighted by Gasteiger charge is 2.48. The normalized spacial score (nSPS) is 19.0. The largest absolute Gasteiger partial charge is 0.465 e. The van der Waals surface area contributed by atoms with Gasteiger partial charge in [0, 0.05) is 56.9 Å². The first-order valence-electron chi connectivity index (χ1n) is 18.4. The van der Waals surface area contributed by atoms with Gasteiger partial charge in [-0.15, -0.1) is 0 Å². The zero-order chi connectivity index (χ0) is 37.8. The summed E-state index contributed by atoms with van der Waals surface area (Å²) in [6, 6.07) is 20.4. The second-order valence-corrected chi connectivity index (χ2v) is 16.7. The van der Waals surface area contributed by atoms with Gasteiger partial charge >= 0.3 is 12.2 Å². The van der Waals surface area contributed by atoms with Crippen LogP contribution >= 0.6 is 0 Å². The molecule has 0 bridgehead atoms. The first kappa shape index (κ1) is 38.8. The highest BCUT2D eigenvalue weighted by atomic mass is 19.1. The molecule has 2 saturated heterocycles. The lowest BCUT2D eigenvalue weighted by Crippen LogP contribution is -2.67. The fourth-order valence-electron chi connectivity index (χ4n) is 7.27. The van der Waals surface area contributed by atoms with Crippen LogP contribution in [0.25, 0.3) is 11.1 Å². The predicted molar refractivity (Wildman–Crippen MR) is 202 cm³/mol. The minimum Gasteiger partial charge on any atom is -0.465 e. The van der Waals surface area contributed by atoms with Crippen LogP contribution in [0.15, 0.2) is 66.7 Å². The average Bonchev–Trinajstić information content (AvgIpc) is 3.07. The highest BCUT2D eigenvalue weighted by Crippen LogP contribution is 2.39. The van der Waals surface area contributed by atoms with Crippen molar-refractivity contribution >= 4 is 18.1 Å². The number of amides is 3. The van der Waals surface area contributed by atoms with Crippen LogP contribution < -0.4 is 5.32 Å². The zero-order valence-electron chi connectivity index (χ0n) is 31.8. The smallest absolute Gasteiger partial charge is 0.410 e. The van der Waals surface area contributed by atoms with E-state index in [1.807, 2.05) is 70.2 Å². The number of nitrogens with zero attached hydrogens (tertiary/aromatic N) is 3. The molecule has 52 heavy (non-hydrogen) atoms. The van der Waals surface area contributed by atoms with E-state index in [4.69, 9.17) is 4.74 Å². The second-order valence-electron chi connectivity index (χ2n) is 16.7. The van der Waals surface area contributed by atoms with Crippen molar-refractivity contribution in [1.29, 1.82) is 0 Å². The Balaban J connectivity index is 1.18. The van der Waals surface area contributed by atoms with Crippen molar-refractivity contribution < 1.29 is 28.6 Å². The maximum Gasteiger partial charge on any atom is 0.410 e. The minimum atomic E-state index is -0.899. The molecule has 2 aliphatic rings. The molecule has 2 aliphatic heterocycles. The fourth-order valence-corrected chi connectivity index (χ4v) is 7.27. The third kappa shape index (κ3) is 9.50. The Morgan fingerprint density at radius 2 is 1.58 bits per heavy atom. The molecule has 3 aromatic carbocycles. The van der Waals surface area contributed by atoms with E-state index in [9.17, 15) is 19.5 Å². The van der Waals surface area contributed by atoms with Gasteiger partial charge in [0.05, 0.1) is 5.54 Å². The zero-order valence-corrected chi connectivity index (χ0v) is 31.8. The molecule has 0 spiro atoms. The summed E-state index contributed by atoms with van der Waals surface area (Å²) in [7, 11) is 0. The number of hydrogen-bond donors (Lipinski definition) is 2. The number of nitrogens with one attached hydrogen (secondary N) is 1. The van der Waals surface area contributed by atoms with Gasteiger partial charge in [-0.25, -0.2) is 14.0 Å². The van der Waals surface area contributed by atoms with Crippen LogP contribution in [0.1, 0.15) is 88.4 Å². The van der Waals surface area contributed by atoms with Crippen molar-refractivity contribution in [2.45, 2.75) is 92.0 Å². The molecule has 3 amide bonds. The maximum absolute atomic E-state index is 15.2. The van der Waals surface area contributed by atoms with Crippen LogP contribution in [0.5, 0.6) is 0 Å². The number of likely N-dealkylation sites (tertiary alicyclic amines) is 1. The summed E-state index contributed by atoms with van der Waals surface area (Å²) in [5.41, 5.74) is 3.32. The first-order valence-corrected chi connectivity index (χ1v) is 18.4. The Morgan fingerprint density at radius 3 is 2.25 bits per heavy atom. The van der Waals surface area contributed by atoms with Crippen LogP contribution in [0, 0.1) is 17.2 Å². The number of hydrogen-bond acceptors (Lipinski definition) is 5. The predicted octanol–water partition coefficient (Wildman–Crippen LogP) is 8.21. The summed E-state index contributed by atoms with van der Waals surface area (Å²) in [5.74, 6) is -0.120. The molecule has 9 nitrogen and oxygen atoms in total. The summed E-state index contributed by atoms with van der Waals surface area (Å²) < 4.78 is 20.8. The number of benzene rings is 3. The second kappa shape index (κ2) is 15.7. The lowest BCUT2D eigenvalue weighted by atomic mass is 9.72. The van der Waals surface area contributed by atoms with Gasteiger partial charge in [-0.05, 0) is 111 Å². The van der Waals surface area contributed by atoms with Gasteiger partial charge in [-0.3, -0.25) is 14.6 Å². The van der Waals surface area contributed by atoms with Crippen LogP contribution in [-0.2, 0) is 24.2 Å². The lowest BCUT2D eigenvalue weighted by molar-refractivity contribution is -0.0462. The fraction of sp³-hybridized carbons (Fsp3) is 0.500. The first-order chi connectivity index (χ1) is 24.4. The third-order valence-corrected chi connectivity index (χ3v) is 10.7. The van der Waals surface area contributed by atoms with Crippen molar-refractivity contribution in [3.8, 4) is 11.1 Å². The molecule has 3 aromatic rings. The van der Waals surface area contributed by atoms with Crippen molar-refractivity contribution in [1.82, 2.24) is 20.0 Å². The molecule has 2 N–H and O–H groups in total. The third-order valence-electron chi connectivity index (χ3n) is 10.7. The number of rotatable bonds is 8. The molecule has 0 aliphatic carbocycles. The van der Waals surface area contributed by atoms with Gasteiger partial charge in [0.25, 0.3) is 5.91 Å². The summed E-state index contributed by atoms with van der Waals surface area (Å²) in [4.78, 5) is 43.4. The van der Waals surface area contributed by atoms with E-state index in [0.29, 0.717) is 56.3 Å². The number of halogens is 1. The van der Waals surface area contributed by atoms with Crippen molar-refractivity contribution in [2.75, 3.05) is 32.7 Å². The summed E-state index contributed by atoms with van der Waals surface area (Å²) >= 11 is 0. The molecule has 0 aromatic heterocycles. The minimum absolute atomic E-state index is 0.195. The molecule has 2 fully saturated rings. The number of piperazine rings is 1. The van der Waals surface area contributed by atoms with E-state index >= 15 is 4.39 Å². The molecule has 2 heterocycles. The molecular formula is C42H55FN4O5. The molecule has 0 saturated carbocycles. The van der Waals surface area contributed by atoms with E-state index in [2.05, 4.69) is 31.0 Å². The van der Waals surface area contributed by atoms with Gasteiger partial charge in [0.1, 0.15) is 11.4 Å². The average molecular weight is 715 g/mol. The Kier molecular flexibility index (Phi) is 11.7. The lowest BCUT2D eigenvalue weighted by Gasteiger charge is -2.54. The quantitative estimate of drug-likeness (QED) is 0.244. The summed E-state index contributed by atoms with van der Waals surface area (Å²) in [5, 5.41) is 12.9. The standard InChI is InChI=1S/C42H55FN4O5/c1-40(2,3)42(7)28-45(20-21-47(42)38(49)50)27-32-11-9-12-33(24-32)35-25-31(14-15-36(35)43)26-44-37(48)34-13-8-10-30(23-34)22-29-16-18-46(19-17-29)39(51)52-41(4,5)6/h8-15,23-25,29H,16-22,26-28H2,1-7H3,(H,44,48)(H,49,50)/t42-/m1/s1. The summed E-state index contributed by atoms with van der Waals surface area (Å²) in [6.07, 6.45) is 1.43. The van der Waals surface area contributed by atoms with E-state index in [0.717, 1.165) is 41.5 Å². The number of carbonyl (C=O) groups excluding carboxylic acids is 2. The van der Waals surface area contributed by atoms with Crippen LogP contribution in [-0.4, -0.2) is 81.8 Å².